The number of rotatable bonds is 0. The lowest BCUT2D eigenvalue weighted by Crippen LogP contribution is -2.05. The minimum Gasteiger partial charge on any atom is -0.398 e. The number of aromatic amines is 1. The van der Waals surface area contributed by atoms with E-state index in [1.165, 1.54) is 6.07 Å². The molecule has 0 aliphatic heterocycles. The van der Waals surface area contributed by atoms with Crippen molar-refractivity contribution in [1.29, 1.82) is 0 Å². The molecular weight excluding hydrogens is 232 g/mol. The van der Waals surface area contributed by atoms with Gasteiger partial charge in [-0.2, -0.15) is 0 Å². The number of aromatic nitrogens is 1. The van der Waals surface area contributed by atoms with E-state index in [1.807, 2.05) is 18.2 Å². The summed E-state index contributed by atoms with van der Waals surface area (Å²) in [7, 11) is 0. The van der Waals surface area contributed by atoms with Crippen LogP contribution in [0.1, 0.15) is 0 Å². The van der Waals surface area contributed by atoms with Gasteiger partial charge in [0.15, 0.2) is 0 Å². The minimum absolute atomic E-state index is 0.174. The van der Waals surface area contributed by atoms with Gasteiger partial charge in [-0.15, -0.1) is 0 Å². The fraction of sp³-hybridized carbons (Fsp3) is 0. The van der Waals surface area contributed by atoms with E-state index in [1.54, 1.807) is 0 Å². The van der Waals surface area contributed by atoms with Gasteiger partial charge in [0.2, 0.25) is 5.56 Å². The number of pyridine rings is 1. The predicted octanol–water partition coefficient (Wildman–Crippen LogP) is 1.87. The Morgan fingerprint density at radius 1 is 1.31 bits per heavy atom. The Morgan fingerprint density at radius 2 is 2.08 bits per heavy atom. The molecule has 3 N–H and O–H groups in total. The first-order valence-electron chi connectivity index (χ1n) is 3.75. The summed E-state index contributed by atoms with van der Waals surface area (Å²) in [6.45, 7) is 0. The van der Waals surface area contributed by atoms with E-state index in [0.717, 1.165) is 15.4 Å². The molecule has 0 amide bonds. The SMILES string of the molecule is Nc1cc(=O)[nH]c2ccc(Br)cc12. The molecule has 0 aliphatic carbocycles. The highest BCUT2D eigenvalue weighted by Crippen LogP contribution is 2.21. The second-order valence-electron chi connectivity index (χ2n) is 2.78. The largest absolute Gasteiger partial charge is 0.398 e. The molecule has 0 aliphatic rings. The summed E-state index contributed by atoms with van der Waals surface area (Å²) in [4.78, 5) is 13.7. The van der Waals surface area contributed by atoms with Gasteiger partial charge in [0.05, 0.1) is 5.52 Å². The Morgan fingerprint density at radius 3 is 2.85 bits per heavy atom. The molecule has 0 unspecified atom stereocenters. The molecule has 1 aromatic carbocycles. The predicted molar refractivity (Wildman–Crippen MR) is 56.7 cm³/mol. The van der Waals surface area contributed by atoms with Gasteiger partial charge in [-0.25, -0.2) is 0 Å². The average molecular weight is 239 g/mol. The zero-order valence-electron chi connectivity index (χ0n) is 6.67. The zero-order chi connectivity index (χ0) is 9.42. The number of H-pyrrole nitrogens is 1. The molecule has 0 saturated carbocycles. The first-order chi connectivity index (χ1) is 6.16. The monoisotopic (exact) mass is 238 g/mol. The first-order valence-corrected chi connectivity index (χ1v) is 4.54. The highest BCUT2D eigenvalue weighted by molar-refractivity contribution is 9.10. The molecule has 2 aromatic rings. The van der Waals surface area contributed by atoms with E-state index in [2.05, 4.69) is 20.9 Å². The molecule has 4 heteroatoms. The lowest BCUT2D eigenvalue weighted by Gasteiger charge is -2.00. The van der Waals surface area contributed by atoms with E-state index < -0.39 is 0 Å². The van der Waals surface area contributed by atoms with Crippen LogP contribution < -0.4 is 11.3 Å². The number of hydrogen-bond acceptors (Lipinski definition) is 2. The number of fused-ring (bicyclic) bond motifs is 1. The summed E-state index contributed by atoms with van der Waals surface area (Å²) in [6.07, 6.45) is 0. The number of halogens is 1. The Labute approximate surface area is 82.7 Å². The van der Waals surface area contributed by atoms with Gasteiger partial charge >= 0.3 is 0 Å². The maximum atomic E-state index is 11.0. The van der Waals surface area contributed by atoms with Crippen molar-refractivity contribution in [1.82, 2.24) is 4.98 Å². The van der Waals surface area contributed by atoms with Gasteiger partial charge in [0, 0.05) is 21.6 Å². The number of nitrogen functional groups attached to an aromatic ring is 1. The van der Waals surface area contributed by atoms with E-state index in [4.69, 9.17) is 5.73 Å². The second kappa shape index (κ2) is 2.88. The first kappa shape index (κ1) is 8.31. The molecular formula is C9H7BrN2O. The van der Waals surface area contributed by atoms with Gasteiger partial charge in [-0.05, 0) is 18.2 Å². The fourth-order valence-electron chi connectivity index (χ4n) is 1.25. The smallest absolute Gasteiger partial charge is 0.250 e. The van der Waals surface area contributed by atoms with Crippen LogP contribution in [0.3, 0.4) is 0 Å². The Balaban J connectivity index is 2.95. The summed E-state index contributed by atoms with van der Waals surface area (Å²) < 4.78 is 0.943. The maximum absolute atomic E-state index is 11.0. The Kier molecular flexibility index (Phi) is 1.84. The van der Waals surface area contributed by atoms with E-state index in [9.17, 15) is 4.79 Å². The number of benzene rings is 1. The van der Waals surface area contributed by atoms with Crippen molar-refractivity contribution < 1.29 is 0 Å². The molecule has 0 atom stereocenters. The summed E-state index contributed by atoms with van der Waals surface area (Å²) in [5.41, 5.74) is 6.77. The highest BCUT2D eigenvalue weighted by atomic mass is 79.9. The molecule has 0 fully saturated rings. The average Bonchev–Trinajstić information content (AvgIpc) is 2.06. The molecule has 0 spiro atoms. The second-order valence-corrected chi connectivity index (χ2v) is 3.69. The molecule has 66 valence electrons. The summed E-state index contributed by atoms with van der Waals surface area (Å²) in [5, 5.41) is 0.856. The molecule has 13 heavy (non-hydrogen) atoms. The zero-order valence-corrected chi connectivity index (χ0v) is 8.26. The van der Waals surface area contributed by atoms with E-state index >= 15 is 0 Å². The van der Waals surface area contributed by atoms with Crippen molar-refractivity contribution in [3.63, 3.8) is 0 Å². The third-order valence-electron chi connectivity index (χ3n) is 1.84. The van der Waals surface area contributed by atoms with Gasteiger partial charge < -0.3 is 10.7 Å². The Bertz CT molecular complexity index is 518. The maximum Gasteiger partial charge on any atom is 0.250 e. The number of anilines is 1. The van der Waals surface area contributed by atoms with Gasteiger partial charge in [0.25, 0.3) is 0 Å². The fourth-order valence-corrected chi connectivity index (χ4v) is 1.61. The lowest BCUT2D eigenvalue weighted by molar-refractivity contribution is 1.31. The van der Waals surface area contributed by atoms with Crippen LogP contribution in [0.5, 0.6) is 0 Å². The highest BCUT2D eigenvalue weighted by Gasteiger charge is 1.99. The van der Waals surface area contributed by atoms with Crippen LogP contribution in [0.2, 0.25) is 0 Å². The van der Waals surface area contributed by atoms with Crippen molar-refractivity contribution in [2.24, 2.45) is 0 Å². The van der Waals surface area contributed by atoms with E-state index in [-0.39, 0.29) is 5.56 Å². The number of hydrogen-bond donors (Lipinski definition) is 2. The molecule has 1 aromatic heterocycles. The van der Waals surface area contributed by atoms with E-state index in [0.29, 0.717) is 5.69 Å². The standard InChI is InChI=1S/C9H7BrN2O/c10-5-1-2-8-6(3-5)7(11)4-9(13)12-8/h1-4H,(H3,11,12,13). The molecule has 0 saturated heterocycles. The van der Waals surface area contributed by atoms with Crippen molar-refractivity contribution in [3.8, 4) is 0 Å². The van der Waals surface area contributed by atoms with Crippen LogP contribution >= 0.6 is 15.9 Å². The van der Waals surface area contributed by atoms with Gasteiger partial charge in [-0.1, -0.05) is 15.9 Å². The molecule has 0 bridgehead atoms. The molecule has 0 radical (unpaired) electrons. The van der Waals surface area contributed by atoms with Gasteiger partial charge in [-0.3, -0.25) is 4.79 Å². The van der Waals surface area contributed by atoms with Crippen molar-refractivity contribution in [2.45, 2.75) is 0 Å². The molecule has 1 heterocycles. The van der Waals surface area contributed by atoms with Crippen molar-refractivity contribution in [3.05, 3.63) is 39.1 Å². The lowest BCUT2D eigenvalue weighted by atomic mass is 10.2. The minimum atomic E-state index is -0.174. The summed E-state index contributed by atoms with van der Waals surface area (Å²) in [6, 6.07) is 6.93. The third-order valence-corrected chi connectivity index (χ3v) is 2.33. The van der Waals surface area contributed by atoms with Crippen LogP contribution in [0.25, 0.3) is 10.9 Å². The molecule has 2 rings (SSSR count). The van der Waals surface area contributed by atoms with Crippen LogP contribution in [-0.2, 0) is 0 Å². The van der Waals surface area contributed by atoms with Crippen LogP contribution in [0, 0.1) is 0 Å². The topological polar surface area (TPSA) is 58.9 Å². The Hall–Kier alpha value is -1.29. The van der Waals surface area contributed by atoms with Gasteiger partial charge in [0.1, 0.15) is 0 Å². The van der Waals surface area contributed by atoms with Crippen LogP contribution in [0.4, 0.5) is 5.69 Å². The molecule has 3 nitrogen and oxygen atoms in total. The quantitative estimate of drug-likeness (QED) is 0.737. The van der Waals surface area contributed by atoms with Crippen LogP contribution in [-0.4, -0.2) is 4.98 Å². The van der Waals surface area contributed by atoms with Crippen molar-refractivity contribution >= 4 is 32.5 Å². The summed E-state index contributed by atoms with van der Waals surface area (Å²) in [5.74, 6) is 0. The number of nitrogens with one attached hydrogen (secondary N) is 1. The van der Waals surface area contributed by atoms with Crippen LogP contribution in [0.15, 0.2) is 33.5 Å². The third kappa shape index (κ3) is 1.45. The summed E-state index contributed by atoms with van der Waals surface area (Å²) >= 11 is 3.34. The number of nitrogens with two attached hydrogens (primary N) is 1. The van der Waals surface area contributed by atoms with Crippen molar-refractivity contribution in [2.75, 3.05) is 5.73 Å². The normalized spacial score (nSPS) is 10.5.